The lowest BCUT2D eigenvalue weighted by molar-refractivity contribution is -0.605. The molecule has 0 aliphatic carbocycles. The van der Waals surface area contributed by atoms with Crippen LogP contribution in [0.5, 0.6) is 0 Å². The number of benzene rings is 2. The SMILES string of the molecule is O=C(NCC(COCc1cc(C(F)(F)F)cc(C(F)(F)F)c1)c1ccc(F)cc1)c1cc[n+]([O-])cc1. The van der Waals surface area contributed by atoms with Gasteiger partial charge in [0.15, 0.2) is 12.4 Å². The molecule has 3 rings (SSSR count). The van der Waals surface area contributed by atoms with Crippen LogP contribution in [0.4, 0.5) is 30.7 Å². The van der Waals surface area contributed by atoms with Crippen molar-refractivity contribution in [3.8, 4) is 0 Å². The molecule has 0 radical (unpaired) electrons. The van der Waals surface area contributed by atoms with Crippen LogP contribution in [0.1, 0.15) is 38.5 Å². The Morgan fingerprint density at radius 1 is 0.917 bits per heavy atom. The summed E-state index contributed by atoms with van der Waals surface area (Å²) in [6, 6.07) is 8.92. The fourth-order valence-electron chi connectivity index (χ4n) is 3.31. The van der Waals surface area contributed by atoms with E-state index >= 15 is 0 Å². The van der Waals surface area contributed by atoms with Crippen LogP contribution in [0.25, 0.3) is 0 Å². The Hall–Kier alpha value is -3.67. The van der Waals surface area contributed by atoms with Crippen molar-refractivity contribution >= 4 is 5.91 Å². The average Bonchev–Trinajstić information content (AvgIpc) is 2.81. The molecule has 12 heteroatoms. The van der Waals surface area contributed by atoms with Crippen LogP contribution in [0.15, 0.2) is 67.0 Å². The van der Waals surface area contributed by atoms with Crippen LogP contribution in [-0.2, 0) is 23.7 Å². The van der Waals surface area contributed by atoms with Crippen molar-refractivity contribution in [2.24, 2.45) is 0 Å². The Bertz CT molecular complexity index is 1150. The molecule has 0 aliphatic heterocycles. The Kier molecular flexibility index (Phi) is 8.18. The molecule has 0 saturated heterocycles. The van der Waals surface area contributed by atoms with Gasteiger partial charge < -0.3 is 15.3 Å². The molecule has 0 spiro atoms. The summed E-state index contributed by atoms with van der Waals surface area (Å²) in [7, 11) is 0. The molecule has 0 fully saturated rings. The van der Waals surface area contributed by atoms with Gasteiger partial charge in [-0.15, -0.1) is 0 Å². The lowest BCUT2D eigenvalue weighted by Crippen LogP contribution is -2.31. The average molecular weight is 516 g/mol. The van der Waals surface area contributed by atoms with E-state index in [2.05, 4.69) is 5.32 Å². The monoisotopic (exact) mass is 516 g/mol. The molecule has 1 heterocycles. The highest BCUT2D eigenvalue weighted by Gasteiger charge is 2.36. The van der Waals surface area contributed by atoms with Crippen molar-refractivity contribution in [2.45, 2.75) is 24.9 Å². The maximum atomic E-state index is 13.3. The van der Waals surface area contributed by atoms with E-state index in [0.717, 1.165) is 24.5 Å². The zero-order valence-electron chi connectivity index (χ0n) is 18.4. The summed E-state index contributed by atoms with van der Waals surface area (Å²) in [6.45, 7) is -0.827. The maximum Gasteiger partial charge on any atom is 0.416 e. The molecule has 0 aliphatic rings. The van der Waals surface area contributed by atoms with Gasteiger partial charge >= 0.3 is 12.4 Å². The van der Waals surface area contributed by atoms with Gasteiger partial charge in [0, 0.05) is 24.6 Å². The summed E-state index contributed by atoms with van der Waals surface area (Å²) >= 11 is 0. The summed E-state index contributed by atoms with van der Waals surface area (Å²) in [4.78, 5) is 12.4. The number of aromatic nitrogens is 1. The molecule has 36 heavy (non-hydrogen) atoms. The summed E-state index contributed by atoms with van der Waals surface area (Å²) in [5.74, 6) is -1.67. The largest absolute Gasteiger partial charge is 0.619 e. The molecule has 192 valence electrons. The van der Waals surface area contributed by atoms with Crippen LogP contribution < -0.4 is 10.0 Å². The predicted molar refractivity (Wildman–Crippen MR) is 113 cm³/mol. The van der Waals surface area contributed by atoms with Crippen LogP contribution in [-0.4, -0.2) is 19.1 Å². The van der Waals surface area contributed by atoms with Gasteiger partial charge in [-0.25, -0.2) is 4.39 Å². The van der Waals surface area contributed by atoms with Gasteiger partial charge in [-0.1, -0.05) is 12.1 Å². The van der Waals surface area contributed by atoms with E-state index in [4.69, 9.17) is 4.74 Å². The zero-order chi connectivity index (χ0) is 26.5. The van der Waals surface area contributed by atoms with Crippen molar-refractivity contribution in [1.82, 2.24) is 5.32 Å². The summed E-state index contributed by atoms with van der Waals surface area (Å²) in [5, 5.41) is 13.7. The van der Waals surface area contributed by atoms with E-state index in [1.165, 1.54) is 24.3 Å². The zero-order valence-corrected chi connectivity index (χ0v) is 18.4. The number of carbonyl (C=O) groups excluding carboxylic acids is 1. The molecular formula is C24H19F7N2O3. The molecule has 1 atom stereocenters. The molecule has 1 unspecified atom stereocenters. The molecule has 2 aromatic carbocycles. The van der Waals surface area contributed by atoms with Gasteiger partial charge in [-0.2, -0.15) is 31.1 Å². The van der Waals surface area contributed by atoms with Gasteiger partial charge in [-0.05, 0) is 41.5 Å². The normalized spacial score (nSPS) is 12.9. The molecule has 5 nitrogen and oxygen atoms in total. The summed E-state index contributed by atoms with van der Waals surface area (Å²) in [5.41, 5.74) is -2.55. The van der Waals surface area contributed by atoms with Crippen molar-refractivity contribution in [3.05, 3.63) is 106 Å². The lowest BCUT2D eigenvalue weighted by Gasteiger charge is -2.19. The third-order valence-corrected chi connectivity index (χ3v) is 5.15. The minimum absolute atomic E-state index is 0.0260. The van der Waals surface area contributed by atoms with E-state index in [1.807, 2.05) is 0 Å². The van der Waals surface area contributed by atoms with Crippen LogP contribution in [0.2, 0.25) is 0 Å². The van der Waals surface area contributed by atoms with Gasteiger partial charge in [0.1, 0.15) is 5.82 Å². The number of hydrogen-bond donors (Lipinski definition) is 1. The molecule has 1 amide bonds. The predicted octanol–water partition coefficient (Wildman–Crippen LogP) is 5.23. The highest BCUT2D eigenvalue weighted by molar-refractivity contribution is 5.93. The van der Waals surface area contributed by atoms with E-state index < -0.39 is 47.7 Å². The Morgan fingerprint density at radius 2 is 1.47 bits per heavy atom. The number of amides is 1. The van der Waals surface area contributed by atoms with Gasteiger partial charge in [-0.3, -0.25) is 4.79 Å². The number of nitrogens with zero attached hydrogens (tertiary/aromatic N) is 1. The Labute approximate surface area is 200 Å². The third kappa shape index (κ3) is 7.41. The van der Waals surface area contributed by atoms with E-state index in [9.17, 15) is 40.7 Å². The number of alkyl halides is 6. The molecule has 1 N–H and O–H groups in total. The second kappa shape index (κ2) is 10.9. The second-order valence-electron chi connectivity index (χ2n) is 7.83. The first-order chi connectivity index (χ1) is 16.8. The third-order valence-electron chi connectivity index (χ3n) is 5.15. The lowest BCUT2D eigenvalue weighted by atomic mass is 9.99. The number of rotatable bonds is 8. The van der Waals surface area contributed by atoms with E-state index in [0.29, 0.717) is 22.4 Å². The Morgan fingerprint density at radius 3 is 2.00 bits per heavy atom. The summed E-state index contributed by atoms with van der Waals surface area (Å²) < 4.78 is 97.8. The van der Waals surface area contributed by atoms with Crippen molar-refractivity contribution in [1.29, 1.82) is 0 Å². The fraction of sp³-hybridized carbons (Fsp3) is 0.250. The molecule has 0 bridgehead atoms. The number of pyridine rings is 1. The van der Waals surface area contributed by atoms with Crippen LogP contribution in [0.3, 0.4) is 0 Å². The number of carbonyl (C=O) groups is 1. The fourth-order valence-corrected chi connectivity index (χ4v) is 3.31. The minimum atomic E-state index is -4.99. The van der Waals surface area contributed by atoms with E-state index in [-0.39, 0.29) is 30.3 Å². The quantitative estimate of drug-likeness (QED) is 0.254. The molecular weight excluding hydrogens is 497 g/mol. The Balaban J connectivity index is 1.73. The van der Waals surface area contributed by atoms with Crippen molar-refractivity contribution < 1.29 is 45.0 Å². The number of nitrogens with one attached hydrogen (secondary N) is 1. The van der Waals surface area contributed by atoms with Crippen LogP contribution in [0, 0.1) is 11.0 Å². The van der Waals surface area contributed by atoms with Crippen molar-refractivity contribution in [3.63, 3.8) is 0 Å². The first kappa shape index (κ1) is 26.9. The number of halogens is 7. The topological polar surface area (TPSA) is 65.3 Å². The van der Waals surface area contributed by atoms with Gasteiger partial charge in [0.05, 0.1) is 29.9 Å². The van der Waals surface area contributed by atoms with Crippen LogP contribution >= 0.6 is 0 Å². The minimum Gasteiger partial charge on any atom is -0.619 e. The maximum absolute atomic E-state index is 13.3. The van der Waals surface area contributed by atoms with Crippen molar-refractivity contribution in [2.75, 3.05) is 13.2 Å². The number of hydrogen-bond acceptors (Lipinski definition) is 3. The first-order valence-corrected chi connectivity index (χ1v) is 10.4. The standard InChI is InChI=1S/C24H19F7N2O3/c25-21-3-1-16(2-4-21)18(12-32-22(34)17-5-7-33(35)8-6-17)14-36-13-15-9-19(23(26,27)28)11-20(10-15)24(29,30)31/h1-11,18H,12-14H2,(H,32,34). The smallest absolute Gasteiger partial charge is 0.416 e. The highest BCUT2D eigenvalue weighted by atomic mass is 19.4. The molecule has 1 aromatic heterocycles. The first-order valence-electron chi connectivity index (χ1n) is 10.4. The second-order valence-corrected chi connectivity index (χ2v) is 7.83. The van der Waals surface area contributed by atoms with E-state index in [1.54, 1.807) is 0 Å². The highest BCUT2D eigenvalue weighted by Crippen LogP contribution is 2.36. The summed E-state index contributed by atoms with van der Waals surface area (Å²) in [6.07, 6.45) is -7.72. The molecule has 0 saturated carbocycles. The van der Waals surface area contributed by atoms with Gasteiger partial charge in [0.25, 0.3) is 5.91 Å². The number of ether oxygens (including phenoxy) is 1. The van der Waals surface area contributed by atoms with Gasteiger partial charge in [0.2, 0.25) is 0 Å². The molecule has 3 aromatic rings.